The molecular formula is C56H38N4. The molecule has 0 aliphatic carbocycles. The number of para-hydroxylation sites is 1. The number of hydrogen-bond donors (Lipinski definition) is 2. The molecule has 10 aromatic carbocycles. The van der Waals surface area contributed by atoms with Gasteiger partial charge >= 0.3 is 0 Å². The van der Waals surface area contributed by atoms with Gasteiger partial charge in [-0.05, 0) is 101 Å². The average molecular weight is 767 g/mol. The Bertz CT molecular complexity index is 3430. The van der Waals surface area contributed by atoms with Crippen LogP contribution in [0.2, 0.25) is 0 Å². The lowest BCUT2D eigenvalue weighted by Gasteiger charge is -2.32. The third kappa shape index (κ3) is 5.80. The van der Waals surface area contributed by atoms with Gasteiger partial charge < -0.3 is 5.32 Å². The van der Waals surface area contributed by atoms with E-state index in [4.69, 9.17) is 9.98 Å². The third-order valence-corrected chi connectivity index (χ3v) is 12.2. The zero-order valence-corrected chi connectivity index (χ0v) is 32.7. The maximum atomic E-state index is 5.40. The fourth-order valence-electron chi connectivity index (χ4n) is 9.37. The number of nitrogens with zero attached hydrogens (tertiary/aromatic N) is 2. The molecule has 282 valence electrons. The molecule has 12 rings (SSSR count). The van der Waals surface area contributed by atoms with E-state index in [9.17, 15) is 0 Å². The lowest BCUT2D eigenvalue weighted by Crippen LogP contribution is -2.44. The van der Waals surface area contributed by atoms with E-state index in [1.807, 2.05) is 6.07 Å². The maximum Gasteiger partial charge on any atom is 0.131 e. The molecule has 4 nitrogen and oxygen atoms in total. The van der Waals surface area contributed by atoms with E-state index in [1.54, 1.807) is 0 Å². The monoisotopic (exact) mass is 766 g/mol. The SMILES string of the molecule is c1ccc(C2=NC(c3cc(-c4ccc(-c5nc6ccccc6c6ccccc56)cc4)cc(-c4cc5cccc6ccc7cccc4c7c65)c3)NC(c3ccccc3)N2)cc1. The molecule has 0 spiro atoms. The lowest BCUT2D eigenvalue weighted by atomic mass is 9.87. The molecule has 60 heavy (non-hydrogen) atoms. The molecule has 4 heteroatoms. The first-order valence-corrected chi connectivity index (χ1v) is 20.6. The highest BCUT2D eigenvalue weighted by Crippen LogP contribution is 2.43. The summed E-state index contributed by atoms with van der Waals surface area (Å²) >= 11 is 0. The van der Waals surface area contributed by atoms with Crippen molar-refractivity contribution < 1.29 is 0 Å². The van der Waals surface area contributed by atoms with E-state index in [2.05, 4.69) is 211 Å². The fraction of sp³-hybridized carbons (Fsp3) is 0.0357. The summed E-state index contributed by atoms with van der Waals surface area (Å²) in [5.41, 5.74) is 11.0. The molecule has 1 aromatic heterocycles. The van der Waals surface area contributed by atoms with Crippen LogP contribution in [-0.4, -0.2) is 10.8 Å². The van der Waals surface area contributed by atoms with Crippen LogP contribution in [0.15, 0.2) is 211 Å². The molecule has 0 saturated heterocycles. The second kappa shape index (κ2) is 14.0. The van der Waals surface area contributed by atoms with Crippen molar-refractivity contribution in [2.24, 2.45) is 4.99 Å². The van der Waals surface area contributed by atoms with Gasteiger partial charge in [0.2, 0.25) is 0 Å². The topological polar surface area (TPSA) is 49.3 Å². The zero-order valence-electron chi connectivity index (χ0n) is 32.7. The van der Waals surface area contributed by atoms with Crippen LogP contribution in [0.25, 0.3) is 87.5 Å². The van der Waals surface area contributed by atoms with Crippen LogP contribution in [-0.2, 0) is 0 Å². The van der Waals surface area contributed by atoms with Crippen LogP contribution in [0.1, 0.15) is 29.0 Å². The quantitative estimate of drug-likeness (QED) is 0.166. The van der Waals surface area contributed by atoms with Gasteiger partial charge in [-0.15, -0.1) is 0 Å². The zero-order chi connectivity index (χ0) is 39.6. The predicted octanol–water partition coefficient (Wildman–Crippen LogP) is 13.6. The van der Waals surface area contributed by atoms with Crippen LogP contribution >= 0.6 is 0 Å². The molecule has 1 aliphatic rings. The Hall–Kier alpha value is -7.66. The molecule has 0 radical (unpaired) electrons. The summed E-state index contributed by atoms with van der Waals surface area (Å²) in [6.45, 7) is 0. The highest BCUT2D eigenvalue weighted by atomic mass is 15.3. The van der Waals surface area contributed by atoms with Crippen molar-refractivity contribution in [1.29, 1.82) is 0 Å². The molecule has 1 aliphatic heterocycles. The number of nitrogens with one attached hydrogen (secondary N) is 2. The number of hydrogen-bond acceptors (Lipinski definition) is 4. The van der Waals surface area contributed by atoms with Gasteiger partial charge in [0.25, 0.3) is 0 Å². The Balaban J connectivity index is 1.05. The Labute approximate surface area is 347 Å². The Morgan fingerprint density at radius 2 is 1.02 bits per heavy atom. The Kier molecular flexibility index (Phi) is 8.03. The summed E-state index contributed by atoms with van der Waals surface area (Å²) in [7, 11) is 0. The molecule has 0 bridgehead atoms. The average Bonchev–Trinajstić information content (AvgIpc) is 3.33. The molecule has 2 heterocycles. The summed E-state index contributed by atoms with van der Waals surface area (Å²) in [6, 6.07) is 74.2. The Morgan fingerprint density at radius 1 is 0.383 bits per heavy atom. The van der Waals surface area contributed by atoms with Crippen LogP contribution in [0.5, 0.6) is 0 Å². The second-order valence-corrected chi connectivity index (χ2v) is 15.8. The smallest absolute Gasteiger partial charge is 0.131 e. The number of aliphatic imine (C=N–C) groups is 1. The van der Waals surface area contributed by atoms with Gasteiger partial charge in [0.05, 0.1) is 11.2 Å². The molecule has 2 unspecified atom stereocenters. The normalized spacial score (nSPS) is 15.5. The van der Waals surface area contributed by atoms with Crippen molar-refractivity contribution >= 4 is 59.8 Å². The number of rotatable bonds is 6. The lowest BCUT2D eigenvalue weighted by molar-refractivity contribution is 0.409. The number of fused-ring (bicyclic) bond motifs is 3. The Morgan fingerprint density at radius 3 is 1.83 bits per heavy atom. The third-order valence-electron chi connectivity index (χ3n) is 12.2. The first-order valence-electron chi connectivity index (χ1n) is 20.6. The number of benzene rings is 10. The van der Waals surface area contributed by atoms with E-state index < -0.39 is 0 Å². The molecule has 2 atom stereocenters. The summed E-state index contributed by atoms with van der Waals surface area (Å²) < 4.78 is 0. The van der Waals surface area contributed by atoms with E-state index in [-0.39, 0.29) is 12.3 Å². The maximum absolute atomic E-state index is 5.40. The first kappa shape index (κ1) is 34.4. The number of aromatic nitrogens is 1. The van der Waals surface area contributed by atoms with Crippen LogP contribution in [0.3, 0.4) is 0 Å². The molecular weight excluding hydrogens is 729 g/mol. The van der Waals surface area contributed by atoms with Crippen molar-refractivity contribution in [2.75, 3.05) is 0 Å². The van der Waals surface area contributed by atoms with E-state index >= 15 is 0 Å². The molecule has 0 fully saturated rings. The van der Waals surface area contributed by atoms with Crippen LogP contribution in [0, 0.1) is 0 Å². The second-order valence-electron chi connectivity index (χ2n) is 15.8. The van der Waals surface area contributed by atoms with Crippen molar-refractivity contribution in [1.82, 2.24) is 15.6 Å². The van der Waals surface area contributed by atoms with Crippen molar-refractivity contribution in [3.8, 4) is 33.5 Å². The van der Waals surface area contributed by atoms with Gasteiger partial charge in [-0.1, -0.05) is 176 Å². The molecule has 2 N–H and O–H groups in total. The number of pyridine rings is 1. The first-order chi connectivity index (χ1) is 29.7. The van der Waals surface area contributed by atoms with Gasteiger partial charge in [-0.2, -0.15) is 0 Å². The largest absolute Gasteiger partial charge is 0.350 e. The minimum absolute atomic E-state index is 0.147. The summed E-state index contributed by atoms with van der Waals surface area (Å²) in [5.74, 6) is 0.863. The predicted molar refractivity (Wildman–Crippen MR) is 250 cm³/mol. The van der Waals surface area contributed by atoms with Crippen LogP contribution < -0.4 is 10.6 Å². The van der Waals surface area contributed by atoms with Crippen molar-refractivity contribution in [3.05, 3.63) is 223 Å². The molecule has 0 amide bonds. The highest BCUT2D eigenvalue weighted by Gasteiger charge is 2.27. The summed E-state index contributed by atoms with van der Waals surface area (Å²) in [4.78, 5) is 10.6. The number of amidine groups is 1. The van der Waals surface area contributed by atoms with E-state index in [0.29, 0.717) is 0 Å². The van der Waals surface area contributed by atoms with Gasteiger partial charge in [0.15, 0.2) is 0 Å². The van der Waals surface area contributed by atoms with Gasteiger partial charge in [0.1, 0.15) is 18.2 Å². The van der Waals surface area contributed by atoms with Gasteiger partial charge in [0, 0.05) is 21.9 Å². The summed E-state index contributed by atoms with van der Waals surface area (Å²) in [5, 5.41) is 18.8. The highest BCUT2D eigenvalue weighted by molar-refractivity contribution is 6.26. The van der Waals surface area contributed by atoms with Crippen molar-refractivity contribution in [2.45, 2.75) is 12.3 Å². The minimum Gasteiger partial charge on any atom is -0.350 e. The van der Waals surface area contributed by atoms with E-state index in [0.717, 1.165) is 61.4 Å². The fourth-order valence-corrected chi connectivity index (χ4v) is 9.37. The minimum atomic E-state index is -0.325. The van der Waals surface area contributed by atoms with Gasteiger partial charge in [-0.25, -0.2) is 9.98 Å². The summed E-state index contributed by atoms with van der Waals surface area (Å²) in [6.07, 6.45) is -0.472. The molecule has 11 aromatic rings. The molecule has 0 saturated carbocycles. The van der Waals surface area contributed by atoms with Crippen LogP contribution in [0.4, 0.5) is 0 Å². The van der Waals surface area contributed by atoms with Crippen molar-refractivity contribution in [3.63, 3.8) is 0 Å². The van der Waals surface area contributed by atoms with E-state index in [1.165, 1.54) is 48.7 Å². The standard InChI is InChI=1S/C56H38N4/c1-3-13-39(14-4-1)54-58-55(40-15-5-2-6-16-40)60-56(59-54)44-32-42(31-43(33-44)49-34-41-19-11-17-36-27-28-37-18-12-23-47(49)52(37)51(36)41)35-25-29-38(30-26-35)53-48-22-8-7-20-45(48)46-21-9-10-24-50(46)57-53/h1-34,54,56,59H,(H,58,60). The van der Waals surface area contributed by atoms with Gasteiger partial charge in [-0.3, -0.25) is 5.32 Å².